The van der Waals surface area contributed by atoms with Gasteiger partial charge in [-0.05, 0) is 40.5 Å². The molecule has 1 aromatic rings. The number of nitrogens with zero attached hydrogens (tertiary/aromatic N) is 4. The van der Waals surface area contributed by atoms with Crippen LogP contribution in [0.1, 0.15) is 52.3 Å². The van der Waals surface area contributed by atoms with E-state index >= 15 is 0 Å². The molecule has 0 radical (unpaired) electrons. The van der Waals surface area contributed by atoms with E-state index < -0.39 is 5.60 Å². The Bertz CT molecular complexity index is 611. The monoisotopic (exact) mass is 348 g/mol. The molecule has 0 N–H and O–H groups in total. The zero-order chi connectivity index (χ0) is 18.0. The normalized spacial score (nSPS) is 24.5. The van der Waals surface area contributed by atoms with Crippen LogP contribution in [0.3, 0.4) is 0 Å². The molecule has 2 fully saturated rings. The molecule has 0 saturated carbocycles. The Kier molecular flexibility index (Phi) is 5.13. The summed E-state index contributed by atoms with van der Waals surface area (Å²) >= 11 is 0. The maximum absolute atomic E-state index is 12.3. The molecule has 2 saturated heterocycles. The molecule has 3 rings (SSSR count). The Balaban J connectivity index is 1.65. The third-order valence-corrected chi connectivity index (χ3v) is 4.51. The van der Waals surface area contributed by atoms with Crippen molar-refractivity contribution in [3.05, 3.63) is 18.1 Å². The van der Waals surface area contributed by atoms with Crippen LogP contribution in [0.15, 0.2) is 12.4 Å². The van der Waals surface area contributed by atoms with Gasteiger partial charge in [0.25, 0.3) is 0 Å². The lowest BCUT2D eigenvalue weighted by molar-refractivity contribution is 0.0218. The molecule has 1 aromatic heterocycles. The fourth-order valence-corrected chi connectivity index (χ4v) is 3.30. The highest BCUT2D eigenvalue weighted by molar-refractivity contribution is 5.68. The van der Waals surface area contributed by atoms with Crippen molar-refractivity contribution in [3.63, 3.8) is 0 Å². The zero-order valence-electron chi connectivity index (χ0n) is 15.6. The summed E-state index contributed by atoms with van der Waals surface area (Å²) in [4.78, 5) is 25.1. The average molecular weight is 348 g/mol. The molecule has 2 atom stereocenters. The van der Waals surface area contributed by atoms with Gasteiger partial charge in [-0.1, -0.05) is 0 Å². The Labute approximate surface area is 149 Å². The van der Waals surface area contributed by atoms with Crippen molar-refractivity contribution in [2.75, 3.05) is 31.1 Å². The van der Waals surface area contributed by atoms with Crippen molar-refractivity contribution in [2.45, 2.75) is 58.3 Å². The molecule has 1 amide bonds. The number of aromatic nitrogens is 2. The topological polar surface area (TPSA) is 67.8 Å². The summed E-state index contributed by atoms with van der Waals surface area (Å²) in [5.41, 5.74) is 0.476. The van der Waals surface area contributed by atoms with Crippen molar-refractivity contribution >= 4 is 11.9 Å². The standard InChI is InChI=1S/C18H28N4O3/c1-13-11-21(17(23)25-18(2,3)4)7-8-22(13)16-10-14(19-12-20-16)15-6-5-9-24-15/h10,12-13,15H,5-9,11H2,1-4H3/t13-,15?/m1/s1. The Morgan fingerprint density at radius 3 is 2.76 bits per heavy atom. The van der Waals surface area contributed by atoms with Gasteiger partial charge in [0.15, 0.2) is 0 Å². The first kappa shape index (κ1) is 17.9. The molecule has 138 valence electrons. The minimum absolute atomic E-state index is 0.0834. The summed E-state index contributed by atoms with van der Waals surface area (Å²) < 4.78 is 11.2. The van der Waals surface area contributed by atoms with Crippen LogP contribution in [0.2, 0.25) is 0 Å². The largest absolute Gasteiger partial charge is 0.444 e. The number of piperazine rings is 1. The van der Waals surface area contributed by atoms with Crippen molar-refractivity contribution in [1.29, 1.82) is 0 Å². The number of rotatable bonds is 2. The van der Waals surface area contributed by atoms with E-state index in [1.807, 2.05) is 26.8 Å². The van der Waals surface area contributed by atoms with Crippen molar-refractivity contribution in [2.24, 2.45) is 0 Å². The van der Waals surface area contributed by atoms with Crippen LogP contribution in [0.25, 0.3) is 0 Å². The first-order valence-electron chi connectivity index (χ1n) is 9.01. The van der Waals surface area contributed by atoms with E-state index in [2.05, 4.69) is 21.8 Å². The number of amides is 1. The van der Waals surface area contributed by atoms with Crippen molar-refractivity contribution in [1.82, 2.24) is 14.9 Å². The first-order chi connectivity index (χ1) is 11.8. The van der Waals surface area contributed by atoms with Crippen LogP contribution in [-0.4, -0.2) is 58.8 Å². The fourth-order valence-electron chi connectivity index (χ4n) is 3.30. The lowest BCUT2D eigenvalue weighted by Gasteiger charge is -2.40. The molecular formula is C18H28N4O3. The van der Waals surface area contributed by atoms with Crippen LogP contribution in [-0.2, 0) is 9.47 Å². The molecular weight excluding hydrogens is 320 g/mol. The quantitative estimate of drug-likeness (QED) is 0.819. The van der Waals surface area contributed by atoms with Gasteiger partial charge in [-0.3, -0.25) is 0 Å². The Hall–Kier alpha value is -1.89. The van der Waals surface area contributed by atoms with E-state index in [9.17, 15) is 4.79 Å². The van der Waals surface area contributed by atoms with Gasteiger partial charge in [0.1, 0.15) is 17.7 Å². The van der Waals surface area contributed by atoms with Gasteiger partial charge in [0.05, 0.1) is 11.8 Å². The summed E-state index contributed by atoms with van der Waals surface area (Å²) in [6, 6.07) is 2.18. The van der Waals surface area contributed by atoms with Gasteiger partial charge in [0.2, 0.25) is 0 Å². The van der Waals surface area contributed by atoms with E-state index in [1.54, 1.807) is 11.2 Å². The van der Waals surface area contributed by atoms with E-state index in [-0.39, 0.29) is 18.2 Å². The Morgan fingerprint density at radius 2 is 2.12 bits per heavy atom. The van der Waals surface area contributed by atoms with Gasteiger partial charge in [-0.25, -0.2) is 14.8 Å². The van der Waals surface area contributed by atoms with Crippen molar-refractivity contribution < 1.29 is 14.3 Å². The lowest BCUT2D eigenvalue weighted by Crippen LogP contribution is -2.54. The lowest BCUT2D eigenvalue weighted by atomic mass is 10.1. The SMILES string of the molecule is C[C@@H]1CN(C(=O)OC(C)(C)C)CCN1c1cc(C2CCCO2)ncn1. The molecule has 0 bridgehead atoms. The summed E-state index contributed by atoms with van der Waals surface area (Å²) in [7, 11) is 0. The highest BCUT2D eigenvalue weighted by Crippen LogP contribution is 2.29. The van der Waals surface area contributed by atoms with E-state index in [1.165, 1.54) is 0 Å². The third-order valence-electron chi connectivity index (χ3n) is 4.51. The van der Waals surface area contributed by atoms with Gasteiger partial charge in [-0.15, -0.1) is 0 Å². The van der Waals surface area contributed by atoms with Crippen molar-refractivity contribution in [3.8, 4) is 0 Å². The summed E-state index contributed by atoms with van der Waals surface area (Å²) in [5.74, 6) is 0.900. The number of carbonyl (C=O) groups excluding carboxylic acids is 1. The molecule has 0 aromatic carbocycles. The maximum atomic E-state index is 12.3. The smallest absolute Gasteiger partial charge is 0.410 e. The second kappa shape index (κ2) is 7.15. The second-order valence-corrected chi connectivity index (χ2v) is 7.77. The zero-order valence-corrected chi connectivity index (χ0v) is 15.6. The molecule has 0 spiro atoms. The summed E-state index contributed by atoms with van der Waals surface area (Å²) in [5, 5.41) is 0. The van der Waals surface area contributed by atoms with Crippen LogP contribution in [0, 0.1) is 0 Å². The maximum Gasteiger partial charge on any atom is 0.410 e. The molecule has 7 heteroatoms. The molecule has 25 heavy (non-hydrogen) atoms. The van der Waals surface area contributed by atoms with Gasteiger partial charge in [-0.2, -0.15) is 0 Å². The molecule has 3 heterocycles. The molecule has 7 nitrogen and oxygen atoms in total. The molecule has 1 unspecified atom stereocenters. The summed E-state index contributed by atoms with van der Waals surface area (Å²) in [6.07, 6.45) is 3.54. The summed E-state index contributed by atoms with van der Waals surface area (Å²) in [6.45, 7) is 10.5. The predicted molar refractivity (Wildman–Crippen MR) is 94.6 cm³/mol. The average Bonchev–Trinajstić information content (AvgIpc) is 3.08. The second-order valence-electron chi connectivity index (χ2n) is 7.77. The highest BCUT2D eigenvalue weighted by Gasteiger charge is 2.31. The predicted octanol–water partition coefficient (Wildman–Crippen LogP) is 2.77. The van der Waals surface area contributed by atoms with Gasteiger partial charge in [0, 0.05) is 38.3 Å². The van der Waals surface area contributed by atoms with Crippen LogP contribution >= 0.6 is 0 Å². The molecule has 0 aliphatic carbocycles. The van der Waals surface area contributed by atoms with Gasteiger partial charge >= 0.3 is 6.09 Å². The van der Waals surface area contributed by atoms with E-state index in [0.29, 0.717) is 13.1 Å². The fraction of sp³-hybridized carbons (Fsp3) is 0.722. The number of anilines is 1. The van der Waals surface area contributed by atoms with Gasteiger partial charge < -0.3 is 19.3 Å². The van der Waals surface area contributed by atoms with Crippen LogP contribution in [0.5, 0.6) is 0 Å². The Morgan fingerprint density at radius 1 is 1.32 bits per heavy atom. The molecule has 2 aliphatic rings. The number of hydrogen-bond acceptors (Lipinski definition) is 6. The highest BCUT2D eigenvalue weighted by atomic mass is 16.6. The number of hydrogen-bond donors (Lipinski definition) is 0. The van der Waals surface area contributed by atoms with Crippen LogP contribution in [0.4, 0.5) is 10.6 Å². The molecule has 2 aliphatic heterocycles. The minimum Gasteiger partial charge on any atom is -0.444 e. The first-order valence-corrected chi connectivity index (χ1v) is 9.01. The van der Waals surface area contributed by atoms with E-state index in [0.717, 1.165) is 37.5 Å². The minimum atomic E-state index is -0.472. The third kappa shape index (κ3) is 4.39. The number of carbonyl (C=O) groups is 1. The van der Waals surface area contributed by atoms with Crippen LogP contribution < -0.4 is 4.90 Å². The number of ether oxygens (including phenoxy) is 2. The van der Waals surface area contributed by atoms with E-state index in [4.69, 9.17) is 9.47 Å².